The van der Waals surface area contributed by atoms with Crippen molar-refractivity contribution in [2.75, 3.05) is 6.54 Å². The number of benzene rings is 1. The van der Waals surface area contributed by atoms with Gasteiger partial charge in [-0.15, -0.1) is 4.68 Å². The zero-order valence-corrected chi connectivity index (χ0v) is 13.6. The van der Waals surface area contributed by atoms with Crippen molar-refractivity contribution in [3.63, 3.8) is 0 Å². The molecule has 1 aromatic heterocycles. The molecule has 3 rings (SSSR count). The first-order chi connectivity index (χ1) is 11.6. The van der Waals surface area contributed by atoms with Crippen molar-refractivity contribution in [3.8, 4) is 5.69 Å². The predicted octanol–water partition coefficient (Wildman–Crippen LogP) is 2.19. The smallest absolute Gasteiger partial charge is 0.320 e. The summed E-state index contributed by atoms with van der Waals surface area (Å²) in [5, 5.41) is 7.32. The molecule has 1 fully saturated rings. The Labute approximate surface area is 138 Å². The van der Waals surface area contributed by atoms with Crippen LogP contribution in [0.5, 0.6) is 0 Å². The van der Waals surface area contributed by atoms with Crippen molar-refractivity contribution >= 4 is 6.03 Å². The van der Waals surface area contributed by atoms with E-state index in [9.17, 15) is 14.0 Å². The molecule has 2 aromatic rings. The largest absolute Gasteiger partial charge is 0.377 e. The Morgan fingerprint density at radius 2 is 1.96 bits per heavy atom. The maximum absolute atomic E-state index is 13.8. The fourth-order valence-corrected chi connectivity index (χ4v) is 3.21. The number of hydrogen-bond donors (Lipinski definition) is 0. The zero-order valence-electron chi connectivity index (χ0n) is 13.6. The average molecular weight is 333 g/mol. The summed E-state index contributed by atoms with van der Waals surface area (Å²) in [6, 6.07) is 5.36. The van der Waals surface area contributed by atoms with Crippen LogP contribution in [0.1, 0.15) is 39.0 Å². The number of nitrogens with zero attached hydrogens (tertiary/aromatic N) is 5. The van der Waals surface area contributed by atoms with E-state index in [4.69, 9.17) is 0 Å². The molecule has 1 saturated carbocycles. The number of hydrogen-bond acceptors (Lipinski definition) is 4. The van der Waals surface area contributed by atoms with E-state index >= 15 is 0 Å². The fourth-order valence-electron chi connectivity index (χ4n) is 3.21. The Kier molecular flexibility index (Phi) is 4.73. The molecule has 0 spiro atoms. The van der Waals surface area contributed by atoms with Crippen molar-refractivity contribution in [3.05, 3.63) is 40.6 Å². The van der Waals surface area contributed by atoms with E-state index in [1.54, 1.807) is 11.0 Å². The van der Waals surface area contributed by atoms with Crippen LogP contribution in [-0.2, 0) is 0 Å². The summed E-state index contributed by atoms with van der Waals surface area (Å²) in [5.41, 5.74) is -0.790. The standard InChI is InChI=1S/C16H20FN5O2/c1-2-20(12-8-4-3-5-9-12)15(23)22-16(24)21(18-19-22)14-11-7-6-10-13(14)17/h6-7,10-12H,2-5,8-9H2,1H3. The van der Waals surface area contributed by atoms with Crippen LogP contribution in [-0.4, -0.2) is 43.3 Å². The van der Waals surface area contributed by atoms with Gasteiger partial charge in [0.2, 0.25) is 0 Å². The lowest BCUT2D eigenvalue weighted by atomic mass is 9.94. The van der Waals surface area contributed by atoms with Gasteiger partial charge in [0.1, 0.15) is 11.5 Å². The first-order valence-electron chi connectivity index (χ1n) is 8.24. The van der Waals surface area contributed by atoms with Gasteiger partial charge in [0.15, 0.2) is 0 Å². The van der Waals surface area contributed by atoms with E-state index in [1.165, 1.54) is 24.6 Å². The van der Waals surface area contributed by atoms with Crippen LogP contribution < -0.4 is 5.69 Å². The lowest BCUT2D eigenvalue weighted by Gasteiger charge is -2.32. The maximum Gasteiger partial charge on any atom is 0.377 e. The molecule has 24 heavy (non-hydrogen) atoms. The second kappa shape index (κ2) is 6.94. The number of halogens is 1. The van der Waals surface area contributed by atoms with Gasteiger partial charge in [-0.3, -0.25) is 0 Å². The first kappa shape index (κ1) is 16.4. The second-order valence-electron chi connectivity index (χ2n) is 5.90. The van der Waals surface area contributed by atoms with Gasteiger partial charge in [-0.25, -0.2) is 14.0 Å². The topological polar surface area (TPSA) is 73.0 Å². The number of tetrazole rings is 1. The molecular formula is C16H20FN5O2. The van der Waals surface area contributed by atoms with E-state index in [0.717, 1.165) is 30.4 Å². The van der Waals surface area contributed by atoms with Crippen molar-refractivity contribution < 1.29 is 9.18 Å². The SMILES string of the molecule is CCN(C(=O)n1nnn(-c2ccccc2F)c1=O)C1CCCCC1. The van der Waals surface area contributed by atoms with Crippen LogP contribution in [0, 0.1) is 5.82 Å². The molecule has 0 unspecified atom stereocenters. The van der Waals surface area contributed by atoms with Gasteiger partial charge < -0.3 is 4.90 Å². The molecule has 7 nitrogen and oxygen atoms in total. The summed E-state index contributed by atoms with van der Waals surface area (Å²) in [5.74, 6) is -0.598. The summed E-state index contributed by atoms with van der Waals surface area (Å²) in [7, 11) is 0. The van der Waals surface area contributed by atoms with E-state index in [2.05, 4.69) is 10.4 Å². The monoisotopic (exact) mass is 333 g/mol. The molecule has 8 heteroatoms. The molecule has 0 N–H and O–H groups in total. The lowest BCUT2D eigenvalue weighted by Crippen LogP contribution is -2.47. The Bertz CT molecular complexity index is 779. The van der Waals surface area contributed by atoms with Gasteiger partial charge in [0.05, 0.1) is 0 Å². The number of amides is 1. The minimum atomic E-state index is -0.764. The maximum atomic E-state index is 13.8. The molecule has 0 saturated heterocycles. The highest BCUT2D eigenvalue weighted by atomic mass is 19.1. The first-order valence-corrected chi connectivity index (χ1v) is 8.24. The van der Waals surface area contributed by atoms with Crippen LogP contribution in [0.15, 0.2) is 29.1 Å². The van der Waals surface area contributed by atoms with E-state index in [0.29, 0.717) is 11.2 Å². The highest BCUT2D eigenvalue weighted by Gasteiger charge is 2.28. The average Bonchev–Trinajstić information content (AvgIpc) is 2.98. The number of rotatable bonds is 3. The quantitative estimate of drug-likeness (QED) is 0.807. The van der Waals surface area contributed by atoms with E-state index in [-0.39, 0.29) is 11.7 Å². The van der Waals surface area contributed by atoms with Crippen molar-refractivity contribution in [1.29, 1.82) is 0 Å². The van der Waals surface area contributed by atoms with Gasteiger partial charge in [-0.1, -0.05) is 31.4 Å². The number of para-hydroxylation sites is 1. The number of carbonyl (C=O) groups excluding carboxylic acids is 1. The molecule has 1 heterocycles. The second-order valence-corrected chi connectivity index (χ2v) is 5.90. The van der Waals surface area contributed by atoms with Gasteiger partial charge >= 0.3 is 11.7 Å². The summed E-state index contributed by atoms with van der Waals surface area (Å²) in [6.07, 6.45) is 5.17. The third-order valence-corrected chi connectivity index (χ3v) is 4.44. The molecule has 0 aliphatic heterocycles. The lowest BCUT2D eigenvalue weighted by molar-refractivity contribution is 0.157. The summed E-state index contributed by atoms with van der Waals surface area (Å²) >= 11 is 0. The highest BCUT2D eigenvalue weighted by molar-refractivity contribution is 5.75. The molecule has 1 aliphatic rings. The molecule has 1 amide bonds. The van der Waals surface area contributed by atoms with Crippen LogP contribution in [0.4, 0.5) is 9.18 Å². The zero-order chi connectivity index (χ0) is 17.1. The van der Waals surface area contributed by atoms with Crippen LogP contribution in [0.25, 0.3) is 5.69 Å². The Hall–Kier alpha value is -2.51. The molecule has 0 bridgehead atoms. The van der Waals surface area contributed by atoms with Crippen LogP contribution >= 0.6 is 0 Å². The number of carbonyl (C=O) groups is 1. The molecule has 1 aliphatic carbocycles. The minimum Gasteiger partial charge on any atom is -0.320 e. The highest BCUT2D eigenvalue weighted by Crippen LogP contribution is 2.22. The third-order valence-electron chi connectivity index (χ3n) is 4.44. The molecule has 0 atom stereocenters. The Morgan fingerprint density at radius 3 is 2.62 bits per heavy atom. The predicted molar refractivity (Wildman–Crippen MR) is 85.6 cm³/mol. The minimum absolute atomic E-state index is 0.0257. The van der Waals surface area contributed by atoms with Gasteiger partial charge in [0.25, 0.3) is 0 Å². The van der Waals surface area contributed by atoms with E-state index < -0.39 is 17.5 Å². The third kappa shape index (κ3) is 2.95. The van der Waals surface area contributed by atoms with Crippen LogP contribution in [0.2, 0.25) is 0 Å². The summed E-state index contributed by atoms with van der Waals surface area (Å²) in [6.45, 7) is 2.36. The summed E-state index contributed by atoms with van der Waals surface area (Å²) < 4.78 is 15.4. The Morgan fingerprint density at radius 1 is 1.25 bits per heavy atom. The van der Waals surface area contributed by atoms with Gasteiger partial charge in [-0.2, -0.15) is 4.68 Å². The van der Waals surface area contributed by atoms with E-state index in [1.807, 2.05) is 6.92 Å². The molecule has 0 radical (unpaired) electrons. The van der Waals surface area contributed by atoms with Gasteiger partial charge in [0, 0.05) is 12.6 Å². The molecule has 128 valence electrons. The van der Waals surface area contributed by atoms with Gasteiger partial charge in [-0.05, 0) is 42.3 Å². The van der Waals surface area contributed by atoms with Crippen LogP contribution in [0.3, 0.4) is 0 Å². The fraction of sp³-hybridized carbons (Fsp3) is 0.500. The molecule has 1 aromatic carbocycles. The Balaban J connectivity index is 1.91. The van der Waals surface area contributed by atoms with Crippen molar-refractivity contribution in [2.24, 2.45) is 0 Å². The van der Waals surface area contributed by atoms with Crippen molar-refractivity contribution in [2.45, 2.75) is 45.1 Å². The molecular weight excluding hydrogens is 313 g/mol. The summed E-state index contributed by atoms with van der Waals surface area (Å²) in [4.78, 5) is 26.8. The number of aromatic nitrogens is 4. The van der Waals surface area contributed by atoms with Crippen molar-refractivity contribution in [1.82, 2.24) is 24.7 Å². The normalized spacial score (nSPS) is 15.4.